The molecule has 7 nitrogen and oxygen atoms in total. The Morgan fingerprint density at radius 3 is 2.61 bits per heavy atom. The van der Waals surface area contributed by atoms with Crippen molar-refractivity contribution >= 4 is 34.2 Å². The third-order valence-corrected chi connectivity index (χ3v) is 5.10. The number of rotatable bonds is 9. The zero-order valence-electron chi connectivity index (χ0n) is 17.0. The van der Waals surface area contributed by atoms with Crippen molar-refractivity contribution in [3.05, 3.63) is 64.3 Å². The van der Waals surface area contributed by atoms with E-state index in [0.29, 0.717) is 39.4 Å². The molecule has 1 heterocycles. The van der Waals surface area contributed by atoms with Crippen molar-refractivity contribution in [2.75, 3.05) is 6.73 Å². The van der Waals surface area contributed by atoms with Crippen molar-refractivity contribution in [3.63, 3.8) is 0 Å². The highest BCUT2D eigenvalue weighted by Gasteiger charge is 2.15. The smallest absolute Gasteiger partial charge is 0.253 e. The number of fused-ring (bicyclic) bond motifs is 1. The zero-order chi connectivity index (χ0) is 22.4. The number of aliphatic hydroxyl groups excluding tert-OH is 2. The van der Waals surface area contributed by atoms with E-state index in [2.05, 4.69) is 10.3 Å². The van der Waals surface area contributed by atoms with Crippen LogP contribution in [0.4, 0.5) is 0 Å². The van der Waals surface area contributed by atoms with Crippen LogP contribution in [0.2, 0.25) is 5.02 Å². The number of amides is 1. The molecule has 0 aliphatic carbocycles. The molecule has 3 N–H and O–H groups in total. The maximum Gasteiger partial charge on any atom is 0.253 e. The van der Waals surface area contributed by atoms with Gasteiger partial charge in [0, 0.05) is 35.0 Å². The number of hydrogen-bond donors (Lipinski definition) is 3. The predicted molar refractivity (Wildman–Crippen MR) is 117 cm³/mol. The van der Waals surface area contributed by atoms with E-state index in [9.17, 15) is 14.7 Å². The van der Waals surface area contributed by atoms with Crippen LogP contribution in [-0.2, 0) is 17.8 Å². The minimum Gasteiger partial charge on any atom is -0.457 e. The van der Waals surface area contributed by atoms with E-state index in [0.717, 1.165) is 12.0 Å². The summed E-state index contributed by atoms with van der Waals surface area (Å²) >= 11 is 6.35. The van der Waals surface area contributed by atoms with Crippen LogP contribution in [0.1, 0.15) is 41.3 Å². The highest BCUT2D eigenvalue weighted by atomic mass is 35.5. The number of aliphatic hydroxyl groups is 2. The molecule has 1 amide bonds. The van der Waals surface area contributed by atoms with Crippen molar-refractivity contribution in [1.29, 1.82) is 0 Å². The summed E-state index contributed by atoms with van der Waals surface area (Å²) < 4.78 is 6.00. The van der Waals surface area contributed by atoms with Gasteiger partial charge in [0.1, 0.15) is 24.0 Å². The van der Waals surface area contributed by atoms with Crippen molar-refractivity contribution in [2.45, 2.75) is 32.8 Å². The lowest BCUT2D eigenvalue weighted by atomic mass is 10.0. The third-order valence-electron chi connectivity index (χ3n) is 4.75. The summed E-state index contributed by atoms with van der Waals surface area (Å²) in [7, 11) is 0. The number of carbonyl (C=O) groups is 2. The maximum atomic E-state index is 12.3. The van der Waals surface area contributed by atoms with E-state index in [4.69, 9.17) is 21.4 Å². The number of ketones is 1. The molecule has 0 spiro atoms. The summed E-state index contributed by atoms with van der Waals surface area (Å²) in [5.41, 5.74) is 1.87. The quantitative estimate of drug-likeness (QED) is 0.435. The summed E-state index contributed by atoms with van der Waals surface area (Å²) in [6.07, 6.45) is 3.15. The standard InChI is InChI=1S/C23H23ClN2O5/c1-2-3-16(29)8-14-4-5-17(10-20(14)24)31-22-6-7-25-21-9-15(12-27)18(11-19(21)22)23(30)26-13-28/h4-7,9-11,27-28H,2-3,8,12-13H2,1H3,(H,26,30). The Balaban J connectivity index is 1.94. The Labute approximate surface area is 184 Å². The number of nitrogens with zero attached hydrogens (tertiary/aromatic N) is 1. The van der Waals surface area contributed by atoms with Gasteiger partial charge in [-0.2, -0.15) is 0 Å². The molecule has 1 aromatic heterocycles. The second-order valence-electron chi connectivity index (χ2n) is 6.98. The summed E-state index contributed by atoms with van der Waals surface area (Å²) in [5.74, 6) is 0.522. The molecule has 3 rings (SSSR count). The van der Waals surface area contributed by atoms with Crippen molar-refractivity contribution in [2.24, 2.45) is 0 Å². The SMILES string of the molecule is CCCC(=O)Cc1ccc(Oc2ccnc3cc(CO)c(C(=O)NCO)cc23)cc1Cl. The highest BCUT2D eigenvalue weighted by Crippen LogP contribution is 2.33. The first-order valence-electron chi connectivity index (χ1n) is 9.86. The van der Waals surface area contributed by atoms with Crippen LogP contribution in [-0.4, -0.2) is 33.6 Å². The Kier molecular flexibility index (Phi) is 7.57. The number of halogens is 1. The molecule has 0 fully saturated rings. The number of ether oxygens (including phenoxy) is 1. The van der Waals surface area contributed by atoms with Gasteiger partial charge in [0.05, 0.1) is 12.1 Å². The largest absolute Gasteiger partial charge is 0.457 e. The molecular weight excluding hydrogens is 420 g/mol. The fourth-order valence-electron chi connectivity index (χ4n) is 3.25. The van der Waals surface area contributed by atoms with Crippen molar-refractivity contribution < 1.29 is 24.5 Å². The molecule has 0 atom stereocenters. The number of hydrogen-bond acceptors (Lipinski definition) is 6. The number of nitrogens with one attached hydrogen (secondary N) is 1. The average Bonchev–Trinajstić information content (AvgIpc) is 2.75. The molecule has 8 heteroatoms. The monoisotopic (exact) mass is 442 g/mol. The van der Waals surface area contributed by atoms with Crippen molar-refractivity contribution in [1.82, 2.24) is 10.3 Å². The van der Waals surface area contributed by atoms with Crippen LogP contribution in [0.25, 0.3) is 10.9 Å². The van der Waals surface area contributed by atoms with Gasteiger partial charge in [-0.3, -0.25) is 14.6 Å². The van der Waals surface area contributed by atoms with Gasteiger partial charge in [0.2, 0.25) is 0 Å². The molecule has 0 aliphatic rings. The fourth-order valence-corrected chi connectivity index (χ4v) is 3.49. The van der Waals surface area contributed by atoms with Crippen LogP contribution in [0.5, 0.6) is 11.5 Å². The first-order chi connectivity index (χ1) is 15.0. The van der Waals surface area contributed by atoms with Crippen LogP contribution < -0.4 is 10.1 Å². The van der Waals surface area contributed by atoms with Crippen molar-refractivity contribution in [3.8, 4) is 11.5 Å². The molecular formula is C23H23ClN2O5. The lowest BCUT2D eigenvalue weighted by Crippen LogP contribution is -2.25. The van der Waals surface area contributed by atoms with E-state index in [1.165, 1.54) is 0 Å². The second-order valence-corrected chi connectivity index (χ2v) is 7.39. The minimum absolute atomic E-state index is 0.131. The van der Waals surface area contributed by atoms with Gasteiger partial charge in [-0.05, 0) is 47.9 Å². The van der Waals surface area contributed by atoms with E-state index in [1.807, 2.05) is 6.92 Å². The molecule has 3 aromatic rings. The van der Waals surface area contributed by atoms with E-state index in [1.54, 1.807) is 42.6 Å². The summed E-state index contributed by atoms with van der Waals surface area (Å²) in [5, 5.41) is 21.9. The van der Waals surface area contributed by atoms with Crippen LogP contribution in [0.3, 0.4) is 0 Å². The molecule has 162 valence electrons. The molecule has 2 aromatic carbocycles. The Morgan fingerprint density at radius 2 is 1.94 bits per heavy atom. The Morgan fingerprint density at radius 1 is 1.13 bits per heavy atom. The number of benzene rings is 2. The summed E-state index contributed by atoms with van der Waals surface area (Å²) in [6, 6.07) is 9.95. The van der Waals surface area contributed by atoms with Gasteiger partial charge < -0.3 is 20.3 Å². The minimum atomic E-state index is -0.524. The lowest BCUT2D eigenvalue weighted by Gasteiger charge is -2.13. The Hall–Kier alpha value is -3.00. The first-order valence-corrected chi connectivity index (χ1v) is 10.2. The van der Waals surface area contributed by atoms with E-state index in [-0.39, 0.29) is 24.4 Å². The van der Waals surface area contributed by atoms with Crippen LogP contribution in [0, 0.1) is 0 Å². The van der Waals surface area contributed by atoms with Gasteiger partial charge in [-0.25, -0.2) is 0 Å². The molecule has 0 radical (unpaired) electrons. The topological polar surface area (TPSA) is 109 Å². The summed E-state index contributed by atoms with van der Waals surface area (Å²) in [4.78, 5) is 28.5. The summed E-state index contributed by atoms with van der Waals surface area (Å²) in [6.45, 7) is 1.08. The average molecular weight is 443 g/mol. The second kappa shape index (κ2) is 10.3. The Bertz CT molecular complexity index is 1120. The number of carbonyl (C=O) groups excluding carboxylic acids is 2. The van der Waals surface area contributed by atoms with Crippen LogP contribution >= 0.6 is 11.6 Å². The zero-order valence-corrected chi connectivity index (χ0v) is 17.8. The molecule has 0 saturated carbocycles. The predicted octanol–water partition coefficient (Wildman–Crippen LogP) is 3.76. The van der Waals surface area contributed by atoms with Gasteiger partial charge in [-0.15, -0.1) is 0 Å². The molecule has 0 saturated heterocycles. The lowest BCUT2D eigenvalue weighted by molar-refractivity contribution is -0.118. The van der Waals surface area contributed by atoms with Gasteiger partial charge >= 0.3 is 0 Å². The van der Waals surface area contributed by atoms with E-state index < -0.39 is 12.6 Å². The molecule has 0 aliphatic heterocycles. The van der Waals surface area contributed by atoms with Gasteiger partial charge in [0.15, 0.2) is 0 Å². The third kappa shape index (κ3) is 5.38. The van der Waals surface area contributed by atoms with Gasteiger partial charge in [-0.1, -0.05) is 24.6 Å². The molecule has 0 bridgehead atoms. The highest BCUT2D eigenvalue weighted by molar-refractivity contribution is 6.31. The normalized spacial score (nSPS) is 10.8. The van der Waals surface area contributed by atoms with E-state index >= 15 is 0 Å². The number of Topliss-reactive ketones (excluding diaryl/α,β-unsaturated/α-hetero) is 1. The molecule has 0 unspecified atom stereocenters. The first kappa shape index (κ1) is 22.7. The number of aromatic nitrogens is 1. The molecule has 31 heavy (non-hydrogen) atoms. The van der Waals surface area contributed by atoms with Crippen LogP contribution in [0.15, 0.2) is 42.6 Å². The van der Waals surface area contributed by atoms with Gasteiger partial charge in [0.25, 0.3) is 5.91 Å². The fraction of sp³-hybridized carbons (Fsp3) is 0.261. The number of pyridine rings is 1. The maximum absolute atomic E-state index is 12.3.